The maximum absolute atomic E-state index is 13.2. The monoisotopic (exact) mass is 575 g/mol. The number of aromatic nitrogens is 2. The number of hydrogen-bond acceptors (Lipinski definition) is 7. The zero-order chi connectivity index (χ0) is 22.2. The summed E-state index contributed by atoms with van der Waals surface area (Å²) in [7, 11) is 1.61. The summed E-state index contributed by atoms with van der Waals surface area (Å²) in [6, 6.07) is 10.0. The Bertz CT molecular complexity index is 1200. The molecule has 0 fully saturated rings. The van der Waals surface area contributed by atoms with Gasteiger partial charge in [0.05, 0.1) is 24.2 Å². The first-order chi connectivity index (χ1) is 15.5. The van der Waals surface area contributed by atoms with Crippen LogP contribution in [0.3, 0.4) is 0 Å². The number of amides is 1. The second-order valence-electron chi connectivity index (χ2n) is 7.39. The normalized spacial score (nSPS) is 15.2. The molecule has 3 aromatic rings. The second-order valence-corrected chi connectivity index (χ2v) is 10.0. The zero-order valence-corrected chi connectivity index (χ0v) is 21.1. The van der Waals surface area contributed by atoms with Crippen LogP contribution in [0.5, 0.6) is 5.75 Å². The smallest absolute Gasteiger partial charge is 0.263 e. The molecule has 5 rings (SSSR count). The van der Waals surface area contributed by atoms with Crippen molar-refractivity contribution in [3.05, 3.63) is 62.2 Å². The first kappa shape index (κ1) is 21.7. The number of carbonyl (C=O) groups is 1. The number of thioether (sulfide) groups is 1. The van der Waals surface area contributed by atoms with Crippen LogP contribution in [0.15, 0.2) is 50.5 Å². The molecule has 0 saturated carbocycles. The fourth-order valence-electron chi connectivity index (χ4n) is 3.78. The number of nitrogens with zero attached hydrogens (tertiary/aromatic N) is 3. The molecule has 2 aliphatic heterocycles. The van der Waals surface area contributed by atoms with E-state index in [9.17, 15) is 4.79 Å². The Morgan fingerprint density at radius 1 is 1.19 bits per heavy atom. The van der Waals surface area contributed by atoms with Gasteiger partial charge < -0.3 is 15.4 Å². The molecule has 1 amide bonds. The topological polar surface area (TPSA) is 79.4 Å². The summed E-state index contributed by atoms with van der Waals surface area (Å²) >= 11 is 8.62. The van der Waals surface area contributed by atoms with Crippen molar-refractivity contribution in [2.75, 3.05) is 29.7 Å². The molecule has 7 nitrogen and oxygen atoms in total. The maximum atomic E-state index is 13.2. The van der Waals surface area contributed by atoms with Crippen molar-refractivity contribution in [3.8, 4) is 5.75 Å². The quantitative estimate of drug-likeness (QED) is 0.418. The summed E-state index contributed by atoms with van der Waals surface area (Å²) in [5.74, 6) is 1.47. The lowest BCUT2D eigenvalue weighted by Gasteiger charge is -2.29. The summed E-state index contributed by atoms with van der Waals surface area (Å²) in [5.41, 5.74) is 4.83. The standard InChI is InChI=1S/C22H19Br2N5O2S/c1-31-15-7-17(23)19(18(24)8-15)29-11-32-20-16(21(29)30)10-26-22(28-20)27-14-3-2-12-4-5-25-9-13(12)6-14/h2-3,6-8,10,25H,4-5,9,11H2,1H3,(H,26,27,28). The van der Waals surface area contributed by atoms with Crippen LogP contribution in [0.2, 0.25) is 0 Å². The van der Waals surface area contributed by atoms with Crippen LogP contribution >= 0.6 is 43.6 Å². The van der Waals surface area contributed by atoms with E-state index in [1.807, 2.05) is 18.2 Å². The molecule has 10 heteroatoms. The number of ether oxygens (including phenoxy) is 1. The molecule has 0 bridgehead atoms. The molecule has 0 spiro atoms. The van der Waals surface area contributed by atoms with E-state index in [-0.39, 0.29) is 5.91 Å². The van der Waals surface area contributed by atoms with Crippen molar-refractivity contribution in [2.45, 2.75) is 18.0 Å². The lowest BCUT2D eigenvalue weighted by Crippen LogP contribution is -2.35. The maximum Gasteiger partial charge on any atom is 0.263 e. The predicted octanol–water partition coefficient (Wildman–Crippen LogP) is 5.11. The first-order valence-corrected chi connectivity index (χ1v) is 12.5. The van der Waals surface area contributed by atoms with Gasteiger partial charge in [-0.05, 0) is 80.2 Å². The Hall–Kier alpha value is -2.14. The molecular weight excluding hydrogens is 558 g/mol. The minimum Gasteiger partial charge on any atom is -0.497 e. The highest BCUT2D eigenvalue weighted by Gasteiger charge is 2.30. The summed E-state index contributed by atoms with van der Waals surface area (Å²) in [6.07, 6.45) is 2.64. The van der Waals surface area contributed by atoms with Crippen LogP contribution in [0.25, 0.3) is 0 Å². The van der Waals surface area contributed by atoms with Crippen molar-refractivity contribution in [1.82, 2.24) is 15.3 Å². The number of benzene rings is 2. The minimum atomic E-state index is -0.142. The predicted molar refractivity (Wildman–Crippen MR) is 133 cm³/mol. The third-order valence-corrected chi connectivity index (χ3v) is 7.59. The molecule has 0 aliphatic carbocycles. The van der Waals surface area contributed by atoms with Gasteiger partial charge in [0.25, 0.3) is 5.91 Å². The summed E-state index contributed by atoms with van der Waals surface area (Å²) in [5, 5.41) is 7.34. The van der Waals surface area contributed by atoms with Crippen LogP contribution in [-0.4, -0.2) is 35.4 Å². The van der Waals surface area contributed by atoms with Crippen molar-refractivity contribution < 1.29 is 9.53 Å². The molecule has 0 radical (unpaired) electrons. The van der Waals surface area contributed by atoms with E-state index in [0.717, 1.165) is 39.8 Å². The van der Waals surface area contributed by atoms with E-state index in [2.05, 4.69) is 64.6 Å². The lowest BCUT2D eigenvalue weighted by atomic mass is 10.0. The molecule has 2 N–H and O–H groups in total. The number of anilines is 3. The van der Waals surface area contributed by atoms with Crippen molar-refractivity contribution >= 4 is 66.9 Å². The van der Waals surface area contributed by atoms with Gasteiger partial charge in [-0.1, -0.05) is 17.8 Å². The number of carbonyl (C=O) groups excluding carboxylic acids is 1. The van der Waals surface area contributed by atoms with Gasteiger partial charge in [-0.3, -0.25) is 9.69 Å². The third kappa shape index (κ3) is 4.12. The fraction of sp³-hybridized carbons (Fsp3) is 0.227. The molecule has 2 aliphatic rings. The van der Waals surface area contributed by atoms with Crippen molar-refractivity contribution in [1.29, 1.82) is 0 Å². The Kier molecular flexibility index (Phi) is 6.11. The molecule has 2 aromatic carbocycles. The van der Waals surface area contributed by atoms with Gasteiger partial charge >= 0.3 is 0 Å². The second kappa shape index (κ2) is 9.01. The number of fused-ring (bicyclic) bond motifs is 2. The van der Waals surface area contributed by atoms with Gasteiger partial charge in [-0.2, -0.15) is 0 Å². The highest BCUT2D eigenvalue weighted by Crippen LogP contribution is 2.42. The largest absolute Gasteiger partial charge is 0.497 e. The van der Waals surface area contributed by atoms with E-state index in [0.29, 0.717) is 28.2 Å². The van der Waals surface area contributed by atoms with E-state index >= 15 is 0 Å². The molecule has 1 aromatic heterocycles. The van der Waals surface area contributed by atoms with E-state index in [1.165, 1.54) is 22.9 Å². The SMILES string of the molecule is COc1cc(Br)c(N2CSc3nc(Nc4ccc5c(c4)CNCC5)ncc3C2=O)c(Br)c1. The Balaban J connectivity index is 1.39. The van der Waals surface area contributed by atoms with E-state index in [1.54, 1.807) is 18.2 Å². The van der Waals surface area contributed by atoms with Gasteiger partial charge in [0.1, 0.15) is 10.8 Å². The first-order valence-electron chi connectivity index (χ1n) is 9.98. The number of halogens is 2. The summed E-state index contributed by atoms with van der Waals surface area (Å²) in [4.78, 5) is 24.0. The fourth-order valence-corrected chi connectivity index (χ4v) is 6.30. The molecule has 32 heavy (non-hydrogen) atoms. The summed E-state index contributed by atoms with van der Waals surface area (Å²) < 4.78 is 6.83. The average molecular weight is 577 g/mol. The minimum absolute atomic E-state index is 0.142. The number of hydrogen-bond donors (Lipinski definition) is 2. The Morgan fingerprint density at radius 2 is 2.00 bits per heavy atom. The molecule has 0 unspecified atom stereocenters. The number of rotatable bonds is 4. The van der Waals surface area contributed by atoms with Gasteiger partial charge in [0.2, 0.25) is 5.95 Å². The Morgan fingerprint density at radius 3 is 2.78 bits per heavy atom. The average Bonchev–Trinajstić information content (AvgIpc) is 2.80. The van der Waals surface area contributed by atoms with Crippen LogP contribution in [-0.2, 0) is 13.0 Å². The van der Waals surface area contributed by atoms with Crippen molar-refractivity contribution in [2.24, 2.45) is 0 Å². The van der Waals surface area contributed by atoms with Crippen LogP contribution < -0.4 is 20.3 Å². The Labute approximate surface area is 206 Å². The highest BCUT2D eigenvalue weighted by atomic mass is 79.9. The van der Waals surface area contributed by atoms with Crippen molar-refractivity contribution in [3.63, 3.8) is 0 Å². The van der Waals surface area contributed by atoms with Gasteiger partial charge in [-0.15, -0.1) is 0 Å². The third-order valence-electron chi connectivity index (χ3n) is 5.40. The van der Waals surface area contributed by atoms with Crippen LogP contribution in [0.4, 0.5) is 17.3 Å². The number of methoxy groups -OCH3 is 1. The van der Waals surface area contributed by atoms with Crippen LogP contribution in [0, 0.1) is 0 Å². The van der Waals surface area contributed by atoms with Gasteiger partial charge in [0, 0.05) is 27.4 Å². The van der Waals surface area contributed by atoms with Gasteiger partial charge in [0.15, 0.2) is 0 Å². The molecule has 0 saturated heterocycles. The van der Waals surface area contributed by atoms with E-state index < -0.39 is 0 Å². The highest BCUT2D eigenvalue weighted by molar-refractivity contribution is 9.11. The number of nitrogens with one attached hydrogen (secondary N) is 2. The van der Waals surface area contributed by atoms with Gasteiger partial charge in [-0.25, -0.2) is 9.97 Å². The molecular formula is C22H19Br2N5O2S. The zero-order valence-electron chi connectivity index (χ0n) is 17.1. The molecule has 3 heterocycles. The van der Waals surface area contributed by atoms with E-state index in [4.69, 9.17) is 4.74 Å². The molecule has 164 valence electrons. The summed E-state index contributed by atoms with van der Waals surface area (Å²) in [6.45, 7) is 1.88. The molecule has 0 atom stereocenters. The van der Waals surface area contributed by atoms with Crippen LogP contribution in [0.1, 0.15) is 21.5 Å². The lowest BCUT2D eigenvalue weighted by molar-refractivity contribution is 0.0985.